The van der Waals surface area contributed by atoms with E-state index in [0.717, 1.165) is 11.1 Å². The van der Waals surface area contributed by atoms with Crippen molar-refractivity contribution < 1.29 is 14.3 Å². The zero-order valence-electron chi connectivity index (χ0n) is 15.1. The van der Waals surface area contributed by atoms with Crippen LogP contribution >= 0.6 is 12.2 Å². The van der Waals surface area contributed by atoms with Crippen molar-refractivity contribution in [2.75, 3.05) is 12.4 Å². The van der Waals surface area contributed by atoms with E-state index in [0.29, 0.717) is 16.8 Å². The molecule has 0 spiro atoms. The molecule has 0 radical (unpaired) electrons. The molecule has 2 N–H and O–H groups in total. The second kappa shape index (κ2) is 8.92. The molecule has 28 heavy (non-hydrogen) atoms. The zero-order chi connectivity index (χ0) is 19.9. The summed E-state index contributed by atoms with van der Waals surface area (Å²) in [5.74, 6) is -0.718. The van der Waals surface area contributed by atoms with E-state index in [1.165, 1.54) is 7.11 Å². The van der Waals surface area contributed by atoms with Crippen LogP contribution in [0.15, 0.2) is 78.9 Å². The molecule has 3 aromatic rings. The van der Waals surface area contributed by atoms with E-state index in [2.05, 4.69) is 15.4 Å². The van der Waals surface area contributed by atoms with Gasteiger partial charge in [-0.25, -0.2) is 4.79 Å². The largest absolute Gasteiger partial charge is 0.465 e. The number of nitrogens with one attached hydrogen (secondary N) is 2. The van der Waals surface area contributed by atoms with Gasteiger partial charge in [-0.15, -0.1) is 0 Å². The summed E-state index contributed by atoms with van der Waals surface area (Å²) < 4.78 is 4.65. The number of thiocarbonyl (C=S) groups is 1. The maximum absolute atomic E-state index is 12.4. The van der Waals surface area contributed by atoms with Gasteiger partial charge in [0.15, 0.2) is 5.11 Å². The van der Waals surface area contributed by atoms with Crippen molar-refractivity contribution in [2.24, 2.45) is 0 Å². The number of amides is 1. The first-order valence-electron chi connectivity index (χ1n) is 8.53. The van der Waals surface area contributed by atoms with E-state index in [9.17, 15) is 9.59 Å². The van der Waals surface area contributed by atoms with Gasteiger partial charge in [0.05, 0.1) is 12.7 Å². The Morgan fingerprint density at radius 1 is 0.786 bits per heavy atom. The van der Waals surface area contributed by atoms with E-state index < -0.39 is 5.97 Å². The van der Waals surface area contributed by atoms with Crippen LogP contribution in [0.25, 0.3) is 11.1 Å². The Hall–Kier alpha value is -3.51. The smallest absolute Gasteiger partial charge is 0.337 e. The lowest BCUT2D eigenvalue weighted by Crippen LogP contribution is -2.34. The number of ether oxygens (including phenoxy) is 1. The van der Waals surface area contributed by atoms with Crippen LogP contribution in [0.3, 0.4) is 0 Å². The van der Waals surface area contributed by atoms with Gasteiger partial charge in [-0.05, 0) is 59.7 Å². The molecule has 0 saturated heterocycles. The average Bonchev–Trinajstić information content (AvgIpc) is 2.74. The molecule has 0 bridgehead atoms. The van der Waals surface area contributed by atoms with Crippen LogP contribution in [-0.2, 0) is 4.74 Å². The summed E-state index contributed by atoms with van der Waals surface area (Å²) in [5.41, 5.74) is 3.70. The minimum absolute atomic E-state index is 0.169. The highest BCUT2D eigenvalue weighted by atomic mass is 32.1. The average molecular weight is 390 g/mol. The maximum atomic E-state index is 12.4. The Kier molecular flexibility index (Phi) is 6.14. The predicted molar refractivity (Wildman–Crippen MR) is 113 cm³/mol. The zero-order valence-corrected chi connectivity index (χ0v) is 16.0. The number of rotatable bonds is 4. The van der Waals surface area contributed by atoms with Crippen molar-refractivity contribution >= 4 is 34.9 Å². The lowest BCUT2D eigenvalue weighted by molar-refractivity contribution is 0.0600. The third-order valence-corrected chi connectivity index (χ3v) is 4.25. The van der Waals surface area contributed by atoms with Crippen LogP contribution in [0.4, 0.5) is 5.69 Å². The molecule has 140 valence electrons. The minimum atomic E-state index is -0.415. The van der Waals surface area contributed by atoms with Crippen LogP contribution in [0.2, 0.25) is 0 Å². The molecule has 6 heteroatoms. The van der Waals surface area contributed by atoms with Crippen LogP contribution < -0.4 is 10.6 Å². The van der Waals surface area contributed by atoms with E-state index in [-0.39, 0.29) is 11.0 Å². The molecular formula is C22H18N2O3S. The van der Waals surface area contributed by atoms with Gasteiger partial charge in [0.2, 0.25) is 0 Å². The van der Waals surface area contributed by atoms with Gasteiger partial charge in [-0.2, -0.15) is 0 Å². The number of anilines is 1. The minimum Gasteiger partial charge on any atom is -0.465 e. The van der Waals surface area contributed by atoms with E-state index in [1.807, 2.05) is 42.5 Å². The number of methoxy groups -OCH3 is 1. The Labute approximate surface area is 168 Å². The van der Waals surface area contributed by atoms with E-state index in [1.54, 1.807) is 36.4 Å². The fraction of sp³-hybridized carbons (Fsp3) is 0.0455. The van der Waals surface area contributed by atoms with Crippen molar-refractivity contribution in [3.8, 4) is 11.1 Å². The molecule has 0 aliphatic heterocycles. The van der Waals surface area contributed by atoms with Gasteiger partial charge >= 0.3 is 5.97 Å². The highest BCUT2D eigenvalue weighted by Crippen LogP contribution is 2.19. The summed E-state index contributed by atoms with van der Waals surface area (Å²) in [6.45, 7) is 0. The number of benzene rings is 3. The van der Waals surface area contributed by atoms with Crippen LogP contribution in [0.5, 0.6) is 0 Å². The molecular weight excluding hydrogens is 372 g/mol. The number of hydrogen-bond donors (Lipinski definition) is 2. The molecule has 0 aliphatic rings. The molecule has 0 heterocycles. The molecule has 0 aliphatic carbocycles. The van der Waals surface area contributed by atoms with Crippen molar-refractivity contribution in [3.05, 3.63) is 90.0 Å². The van der Waals surface area contributed by atoms with Crippen LogP contribution in [-0.4, -0.2) is 24.1 Å². The molecule has 5 nitrogen and oxygen atoms in total. The number of carbonyl (C=O) groups is 2. The third-order valence-electron chi connectivity index (χ3n) is 4.05. The normalized spacial score (nSPS) is 10.0. The van der Waals surface area contributed by atoms with Crippen LogP contribution in [0, 0.1) is 0 Å². The fourth-order valence-corrected chi connectivity index (χ4v) is 2.80. The van der Waals surface area contributed by atoms with Crippen molar-refractivity contribution in [1.29, 1.82) is 0 Å². The van der Waals surface area contributed by atoms with Crippen molar-refractivity contribution in [1.82, 2.24) is 5.32 Å². The molecule has 3 rings (SSSR count). The summed E-state index contributed by atoms with van der Waals surface area (Å²) in [6, 6.07) is 23.8. The van der Waals surface area contributed by atoms with Gasteiger partial charge in [-0.3, -0.25) is 10.1 Å². The summed E-state index contributed by atoms with van der Waals surface area (Å²) >= 11 is 5.19. The molecule has 3 aromatic carbocycles. The summed E-state index contributed by atoms with van der Waals surface area (Å²) in [6.07, 6.45) is 0. The first-order chi connectivity index (χ1) is 13.6. The highest BCUT2D eigenvalue weighted by molar-refractivity contribution is 7.80. The van der Waals surface area contributed by atoms with E-state index >= 15 is 0 Å². The summed E-state index contributed by atoms with van der Waals surface area (Å²) in [7, 11) is 1.32. The number of carbonyl (C=O) groups excluding carboxylic acids is 2. The van der Waals surface area contributed by atoms with Gasteiger partial charge in [-0.1, -0.05) is 42.5 Å². The first-order valence-corrected chi connectivity index (χ1v) is 8.94. The molecule has 0 fully saturated rings. The fourth-order valence-electron chi connectivity index (χ4n) is 2.59. The Morgan fingerprint density at radius 3 is 1.96 bits per heavy atom. The standard InChI is InChI=1S/C22H18N2O3S/c1-27-21(26)18-11-13-19(14-12-18)23-22(28)24-20(25)17-9-7-16(8-10-17)15-5-3-2-4-6-15/h2-14H,1H3,(H2,23,24,25,28). The molecule has 0 atom stereocenters. The summed E-state index contributed by atoms with van der Waals surface area (Å²) in [5, 5.41) is 5.72. The number of hydrogen-bond acceptors (Lipinski definition) is 4. The lowest BCUT2D eigenvalue weighted by Gasteiger charge is -2.10. The van der Waals surface area contributed by atoms with Crippen molar-refractivity contribution in [3.63, 3.8) is 0 Å². The van der Waals surface area contributed by atoms with Gasteiger partial charge in [0.25, 0.3) is 5.91 Å². The Morgan fingerprint density at radius 2 is 1.36 bits per heavy atom. The molecule has 0 aromatic heterocycles. The lowest BCUT2D eigenvalue weighted by atomic mass is 10.0. The Balaban J connectivity index is 1.59. The quantitative estimate of drug-likeness (QED) is 0.514. The molecule has 1 amide bonds. The molecule has 0 saturated carbocycles. The maximum Gasteiger partial charge on any atom is 0.337 e. The Bertz CT molecular complexity index is 985. The third kappa shape index (κ3) is 4.81. The predicted octanol–water partition coefficient (Wildman–Crippen LogP) is 4.27. The monoisotopic (exact) mass is 390 g/mol. The second-order valence-corrected chi connectivity index (χ2v) is 6.33. The van der Waals surface area contributed by atoms with Crippen LogP contribution in [0.1, 0.15) is 20.7 Å². The first kappa shape index (κ1) is 19.3. The SMILES string of the molecule is COC(=O)c1ccc(NC(=S)NC(=O)c2ccc(-c3ccccc3)cc2)cc1. The molecule has 0 unspecified atom stereocenters. The van der Waals surface area contributed by atoms with Crippen molar-refractivity contribution in [2.45, 2.75) is 0 Å². The van der Waals surface area contributed by atoms with Gasteiger partial charge < -0.3 is 10.1 Å². The summed E-state index contributed by atoms with van der Waals surface area (Å²) in [4.78, 5) is 23.8. The van der Waals surface area contributed by atoms with Gasteiger partial charge in [0, 0.05) is 11.3 Å². The highest BCUT2D eigenvalue weighted by Gasteiger charge is 2.09. The second-order valence-electron chi connectivity index (χ2n) is 5.92. The topological polar surface area (TPSA) is 67.4 Å². The van der Waals surface area contributed by atoms with Gasteiger partial charge in [0.1, 0.15) is 0 Å². The van der Waals surface area contributed by atoms with E-state index in [4.69, 9.17) is 12.2 Å². The number of esters is 1.